The third-order valence-electron chi connectivity index (χ3n) is 2.58. The Kier molecular flexibility index (Phi) is 5.22. The van der Waals surface area contributed by atoms with Gasteiger partial charge in [0.1, 0.15) is 5.82 Å². The maximum Gasteiger partial charge on any atom is 0.215 e. The third-order valence-corrected chi connectivity index (χ3v) is 2.58. The Morgan fingerprint density at radius 2 is 2.18 bits per heavy atom. The Morgan fingerprint density at radius 3 is 2.82 bits per heavy atom. The van der Waals surface area contributed by atoms with Gasteiger partial charge in [-0.15, -0.1) is 0 Å². The van der Waals surface area contributed by atoms with E-state index < -0.39 is 0 Å². The summed E-state index contributed by atoms with van der Waals surface area (Å²) < 4.78 is 5.35. The Bertz CT molecular complexity index is 339. The third kappa shape index (κ3) is 5.04. The number of ether oxygens (including phenoxy) is 1. The van der Waals surface area contributed by atoms with E-state index in [0.29, 0.717) is 19.0 Å². The van der Waals surface area contributed by atoms with Crippen LogP contribution in [0.4, 0.5) is 5.82 Å². The molecule has 1 heterocycles. The van der Waals surface area contributed by atoms with Crippen molar-refractivity contribution in [1.82, 2.24) is 4.98 Å². The lowest BCUT2D eigenvalue weighted by atomic mass is 9.89. The number of nitrogens with two attached hydrogens (primary N) is 1. The Balaban J connectivity index is 2.53. The first kappa shape index (κ1) is 13.8. The second-order valence-corrected chi connectivity index (χ2v) is 4.85. The van der Waals surface area contributed by atoms with Gasteiger partial charge < -0.3 is 15.8 Å². The first-order chi connectivity index (χ1) is 8.07. The quantitative estimate of drug-likeness (QED) is 0.763. The van der Waals surface area contributed by atoms with Gasteiger partial charge in [0.05, 0.1) is 6.61 Å². The number of nitrogens with one attached hydrogen (secondary N) is 1. The molecule has 0 aliphatic heterocycles. The predicted molar refractivity (Wildman–Crippen MR) is 71.3 cm³/mol. The van der Waals surface area contributed by atoms with Crippen molar-refractivity contribution >= 4 is 5.82 Å². The van der Waals surface area contributed by atoms with Gasteiger partial charge in [0.15, 0.2) is 0 Å². The molecule has 0 bridgehead atoms. The summed E-state index contributed by atoms with van der Waals surface area (Å²) in [5, 5.41) is 3.32. The molecular formula is C13H23N3O. The molecule has 0 unspecified atom stereocenters. The zero-order chi connectivity index (χ0) is 12.7. The van der Waals surface area contributed by atoms with Gasteiger partial charge in [-0.3, -0.25) is 0 Å². The molecule has 96 valence electrons. The summed E-state index contributed by atoms with van der Waals surface area (Å²) in [6, 6.07) is 5.75. The molecule has 0 saturated carbocycles. The number of nitrogens with zero attached hydrogens (tertiary/aromatic N) is 1. The fraction of sp³-hybridized carbons (Fsp3) is 0.615. The van der Waals surface area contributed by atoms with Crippen molar-refractivity contribution < 1.29 is 4.74 Å². The average Bonchev–Trinajstić information content (AvgIpc) is 2.28. The molecule has 0 amide bonds. The summed E-state index contributed by atoms with van der Waals surface area (Å²) in [6.07, 6.45) is 0.991. The zero-order valence-corrected chi connectivity index (χ0v) is 11.0. The molecule has 0 atom stereocenters. The van der Waals surface area contributed by atoms with Crippen molar-refractivity contribution in [2.24, 2.45) is 11.1 Å². The van der Waals surface area contributed by atoms with E-state index in [1.54, 1.807) is 0 Å². The fourth-order valence-corrected chi connectivity index (χ4v) is 1.55. The summed E-state index contributed by atoms with van der Waals surface area (Å²) >= 11 is 0. The zero-order valence-electron chi connectivity index (χ0n) is 11.0. The first-order valence-electron chi connectivity index (χ1n) is 6.11. The van der Waals surface area contributed by atoms with Crippen molar-refractivity contribution in [3.8, 4) is 5.88 Å². The molecule has 0 radical (unpaired) electrons. The molecule has 0 aliphatic rings. The number of anilines is 1. The van der Waals surface area contributed by atoms with E-state index in [9.17, 15) is 0 Å². The van der Waals surface area contributed by atoms with Crippen LogP contribution in [0.1, 0.15) is 27.2 Å². The van der Waals surface area contributed by atoms with Crippen molar-refractivity contribution in [1.29, 1.82) is 0 Å². The lowest BCUT2D eigenvalue weighted by Gasteiger charge is -2.24. The average molecular weight is 237 g/mol. The molecule has 0 saturated heterocycles. The Hall–Kier alpha value is -1.29. The summed E-state index contributed by atoms with van der Waals surface area (Å²) in [7, 11) is 0. The van der Waals surface area contributed by atoms with Gasteiger partial charge in [-0.05, 0) is 31.4 Å². The second-order valence-electron chi connectivity index (χ2n) is 4.85. The van der Waals surface area contributed by atoms with Gasteiger partial charge in [-0.1, -0.05) is 19.9 Å². The highest BCUT2D eigenvalue weighted by atomic mass is 16.5. The number of hydrogen-bond donors (Lipinski definition) is 2. The van der Waals surface area contributed by atoms with Crippen LogP contribution < -0.4 is 15.8 Å². The van der Waals surface area contributed by atoms with Crippen molar-refractivity contribution in [2.45, 2.75) is 27.2 Å². The number of rotatable bonds is 7. The van der Waals surface area contributed by atoms with Gasteiger partial charge in [0, 0.05) is 12.6 Å². The minimum Gasteiger partial charge on any atom is -0.478 e. The maximum absolute atomic E-state index is 5.58. The summed E-state index contributed by atoms with van der Waals surface area (Å²) in [4.78, 5) is 4.36. The van der Waals surface area contributed by atoms with Gasteiger partial charge >= 0.3 is 0 Å². The maximum atomic E-state index is 5.58. The van der Waals surface area contributed by atoms with Crippen LogP contribution >= 0.6 is 0 Å². The second kappa shape index (κ2) is 6.45. The lowest BCUT2D eigenvalue weighted by Crippen LogP contribution is -2.26. The van der Waals surface area contributed by atoms with Crippen molar-refractivity contribution in [3.05, 3.63) is 18.2 Å². The molecule has 0 fully saturated rings. The molecule has 0 spiro atoms. The largest absolute Gasteiger partial charge is 0.478 e. The van der Waals surface area contributed by atoms with E-state index in [0.717, 1.165) is 18.8 Å². The van der Waals surface area contributed by atoms with Crippen LogP contribution in [-0.4, -0.2) is 24.7 Å². The van der Waals surface area contributed by atoms with Crippen LogP contribution in [0, 0.1) is 5.41 Å². The highest BCUT2D eigenvalue weighted by Gasteiger charge is 2.16. The topological polar surface area (TPSA) is 60.2 Å². The lowest BCUT2D eigenvalue weighted by molar-refractivity contribution is 0.326. The standard InChI is InChI=1S/C13H23N3O/c1-4-17-12-7-5-6-11(16-12)15-10-13(2,3)8-9-14/h5-7H,4,8-10,14H2,1-3H3,(H,15,16). The van der Waals surface area contributed by atoms with E-state index >= 15 is 0 Å². The summed E-state index contributed by atoms with van der Waals surface area (Å²) in [5.41, 5.74) is 5.76. The SMILES string of the molecule is CCOc1cccc(NCC(C)(C)CCN)n1. The molecule has 4 heteroatoms. The van der Waals surface area contributed by atoms with E-state index in [-0.39, 0.29) is 5.41 Å². The fourth-order valence-electron chi connectivity index (χ4n) is 1.55. The number of hydrogen-bond acceptors (Lipinski definition) is 4. The van der Waals surface area contributed by atoms with Crippen LogP contribution in [0.15, 0.2) is 18.2 Å². The smallest absolute Gasteiger partial charge is 0.215 e. The van der Waals surface area contributed by atoms with Gasteiger partial charge in [0.2, 0.25) is 5.88 Å². The monoisotopic (exact) mass is 237 g/mol. The van der Waals surface area contributed by atoms with E-state index in [1.165, 1.54) is 0 Å². The van der Waals surface area contributed by atoms with E-state index in [4.69, 9.17) is 10.5 Å². The molecule has 3 N–H and O–H groups in total. The predicted octanol–water partition coefficient (Wildman–Crippen LogP) is 2.27. The Morgan fingerprint density at radius 1 is 1.41 bits per heavy atom. The molecule has 1 rings (SSSR count). The Labute approximate surface area is 104 Å². The minimum atomic E-state index is 0.179. The molecule has 1 aromatic heterocycles. The van der Waals surface area contributed by atoms with Crippen LogP contribution in [0.25, 0.3) is 0 Å². The number of aromatic nitrogens is 1. The van der Waals surface area contributed by atoms with Crippen LogP contribution in [-0.2, 0) is 0 Å². The van der Waals surface area contributed by atoms with Gasteiger partial charge in [0.25, 0.3) is 0 Å². The van der Waals surface area contributed by atoms with Crippen LogP contribution in [0.3, 0.4) is 0 Å². The normalized spacial score (nSPS) is 11.3. The molecule has 1 aromatic rings. The first-order valence-corrected chi connectivity index (χ1v) is 6.11. The molecule has 17 heavy (non-hydrogen) atoms. The van der Waals surface area contributed by atoms with E-state index in [2.05, 4.69) is 24.1 Å². The number of pyridine rings is 1. The van der Waals surface area contributed by atoms with E-state index in [1.807, 2.05) is 25.1 Å². The van der Waals surface area contributed by atoms with Crippen LogP contribution in [0.5, 0.6) is 5.88 Å². The highest BCUT2D eigenvalue weighted by molar-refractivity contribution is 5.37. The molecule has 0 aromatic carbocycles. The molecule has 4 nitrogen and oxygen atoms in total. The van der Waals surface area contributed by atoms with Gasteiger partial charge in [-0.2, -0.15) is 4.98 Å². The summed E-state index contributed by atoms with van der Waals surface area (Å²) in [5.74, 6) is 1.51. The highest BCUT2D eigenvalue weighted by Crippen LogP contribution is 2.20. The minimum absolute atomic E-state index is 0.179. The molecule has 0 aliphatic carbocycles. The van der Waals surface area contributed by atoms with Crippen molar-refractivity contribution in [2.75, 3.05) is 25.0 Å². The van der Waals surface area contributed by atoms with Crippen LogP contribution in [0.2, 0.25) is 0 Å². The van der Waals surface area contributed by atoms with Crippen molar-refractivity contribution in [3.63, 3.8) is 0 Å². The molecular weight excluding hydrogens is 214 g/mol. The summed E-state index contributed by atoms with van der Waals surface area (Å²) in [6.45, 7) is 8.54. The van der Waals surface area contributed by atoms with Gasteiger partial charge in [-0.25, -0.2) is 0 Å².